The molecule has 1 rings (SSSR count). The molecule has 0 saturated heterocycles. The van der Waals surface area contributed by atoms with Gasteiger partial charge in [0.2, 0.25) is 5.96 Å². The normalized spacial score (nSPS) is 10.8. The lowest BCUT2D eigenvalue weighted by atomic mass is 10.3. The van der Waals surface area contributed by atoms with Gasteiger partial charge in [-0.2, -0.15) is 4.99 Å². The zero-order valence-electron chi connectivity index (χ0n) is 9.54. The molecule has 1 amide bonds. The zero-order chi connectivity index (χ0) is 13.5. The Kier molecular flexibility index (Phi) is 4.50. The maximum absolute atomic E-state index is 10.5. The molecule has 0 aliphatic rings. The highest BCUT2D eigenvalue weighted by Crippen LogP contribution is 2.17. The predicted octanol–water partition coefficient (Wildman–Crippen LogP) is -1.23. The first-order chi connectivity index (χ1) is 8.47. The third-order valence-corrected chi connectivity index (χ3v) is 1.71. The highest BCUT2D eigenvalue weighted by molar-refractivity contribution is 5.93. The van der Waals surface area contributed by atoms with E-state index < -0.39 is 5.91 Å². The third kappa shape index (κ3) is 4.84. The average Bonchev–Trinajstić information content (AvgIpc) is 2.26. The van der Waals surface area contributed by atoms with Crippen molar-refractivity contribution in [2.45, 2.75) is 0 Å². The number of ether oxygens (including phenoxy) is 1. The fourth-order valence-electron chi connectivity index (χ4n) is 1.06. The maximum atomic E-state index is 10.5. The van der Waals surface area contributed by atoms with Gasteiger partial charge in [0, 0.05) is 0 Å². The van der Waals surface area contributed by atoms with Crippen LogP contribution in [-0.4, -0.2) is 24.4 Å². The molecule has 0 unspecified atom stereocenters. The first-order valence-corrected chi connectivity index (χ1v) is 4.92. The summed E-state index contributed by atoms with van der Waals surface area (Å²) in [4.78, 5) is 18.0. The Balaban J connectivity index is 2.71. The molecule has 1 aromatic carbocycles. The summed E-state index contributed by atoms with van der Waals surface area (Å²) in [5.41, 5.74) is 21.2. The van der Waals surface area contributed by atoms with Gasteiger partial charge in [0.25, 0.3) is 5.91 Å². The van der Waals surface area contributed by atoms with Gasteiger partial charge in [-0.25, -0.2) is 4.99 Å². The summed E-state index contributed by atoms with van der Waals surface area (Å²) < 4.78 is 5.07. The molecule has 1 aromatic rings. The van der Waals surface area contributed by atoms with Crippen LogP contribution < -0.4 is 27.7 Å². The Morgan fingerprint density at radius 1 is 1.11 bits per heavy atom. The first-order valence-electron chi connectivity index (χ1n) is 4.92. The lowest BCUT2D eigenvalue weighted by Gasteiger charge is -2.03. The standard InChI is InChI=1S/C10H14N6O2/c11-8(17)5-18-7-3-1-6(2-4-7)15-10(14)16-9(12)13/h1-4H,5H2,(H2,11,17)(H6,12,13,14,15,16). The smallest absolute Gasteiger partial charge is 0.255 e. The van der Waals surface area contributed by atoms with Gasteiger partial charge in [-0.05, 0) is 24.3 Å². The van der Waals surface area contributed by atoms with Crippen molar-refractivity contribution >= 4 is 23.5 Å². The summed E-state index contributed by atoms with van der Waals surface area (Å²) in [6.07, 6.45) is 0. The summed E-state index contributed by atoms with van der Waals surface area (Å²) in [5.74, 6) is -0.277. The Morgan fingerprint density at radius 2 is 1.72 bits per heavy atom. The van der Waals surface area contributed by atoms with Crippen LogP contribution in [0.4, 0.5) is 5.69 Å². The number of aliphatic imine (C=N–C) groups is 2. The molecule has 0 spiro atoms. The van der Waals surface area contributed by atoms with Gasteiger partial charge in [-0.3, -0.25) is 4.79 Å². The second-order valence-electron chi connectivity index (χ2n) is 3.26. The number of primary amides is 1. The van der Waals surface area contributed by atoms with E-state index in [1.54, 1.807) is 24.3 Å². The average molecular weight is 250 g/mol. The summed E-state index contributed by atoms with van der Waals surface area (Å²) >= 11 is 0. The number of guanidine groups is 2. The molecule has 8 heteroatoms. The number of nitrogens with two attached hydrogens (primary N) is 4. The van der Waals surface area contributed by atoms with E-state index in [1.807, 2.05) is 0 Å². The SMILES string of the molecule is NC(=O)COc1ccc(N=C(N)N=C(N)N)cc1. The number of hydrogen-bond acceptors (Lipinski definition) is 3. The Bertz CT molecular complexity index is 476. The summed E-state index contributed by atoms with van der Waals surface area (Å²) in [7, 11) is 0. The van der Waals surface area contributed by atoms with E-state index in [-0.39, 0.29) is 18.5 Å². The van der Waals surface area contributed by atoms with Gasteiger partial charge >= 0.3 is 0 Å². The molecule has 0 fully saturated rings. The molecule has 96 valence electrons. The first kappa shape index (κ1) is 13.3. The van der Waals surface area contributed by atoms with E-state index in [0.29, 0.717) is 11.4 Å². The van der Waals surface area contributed by atoms with Crippen molar-refractivity contribution in [3.63, 3.8) is 0 Å². The van der Waals surface area contributed by atoms with Crippen LogP contribution in [0.1, 0.15) is 0 Å². The van der Waals surface area contributed by atoms with Crippen molar-refractivity contribution in [3.8, 4) is 5.75 Å². The maximum Gasteiger partial charge on any atom is 0.255 e. The minimum Gasteiger partial charge on any atom is -0.484 e. The molecule has 8 N–H and O–H groups in total. The molecule has 18 heavy (non-hydrogen) atoms. The van der Waals surface area contributed by atoms with Gasteiger partial charge in [0.1, 0.15) is 5.75 Å². The fourth-order valence-corrected chi connectivity index (χ4v) is 1.06. The molecule has 0 atom stereocenters. The van der Waals surface area contributed by atoms with Gasteiger partial charge < -0.3 is 27.7 Å². The highest BCUT2D eigenvalue weighted by atomic mass is 16.5. The monoisotopic (exact) mass is 250 g/mol. The van der Waals surface area contributed by atoms with Crippen molar-refractivity contribution in [1.82, 2.24) is 0 Å². The Hall–Kier alpha value is -2.77. The minimum atomic E-state index is -0.547. The van der Waals surface area contributed by atoms with Gasteiger partial charge in [0.05, 0.1) is 5.69 Å². The number of hydrogen-bond donors (Lipinski definition) is 4. The van der Waals surface area contributed by atoms with Crippen molar-refractivity contribution in [3.05, 3.63) is 24.3 Å². The van der Waals surface area contributed by atoms with Crippen molar-refractivity contribution in [2.75, 3.05) is 6.61 Å². The minimum absolute atomic E-state index is 0.0548. The van der Waals surface area contributed by atoms with E-state index in [2.05, 4.69) is 9.98 Å². The van der Waals surface area contributed by atoms with Crippen LogP contribution in [-0.2, 0) is 4.79 Å². The summed E-state index contributed by atoms with van der Waals surface area (Å²) in [6.45, 7) is -0.182. The van der Waals surface area contributed by atoms with Crippen LogP contribution >= 0.6 is 0 Å². The van der Waals surface area contributed by atoms with Crippen molar-refractivity contribution in [1.29, 1.82) is 0 Å². The van der Waals surface area contributed by atoms with Crippen LogP contribution in [0.5, 0.6) is 5.75 Å². The lowest BCUT2D eigenvalue weighted by Crippen LogP contribution is -2.26. The van der Waals surface area contributed by atoms with Crippen LogP contribution in [0.2, 0.25) is 0 Å². The van der Waals surface area contributed by atoms with Gasteiger partial charge in [-0.1, -0.05) is 0 Å². The topological polar surface area (TPSA) is 155 Å². The van der Waals surface area contributed by atoms with Crippen LogP contribution in [0, 0.1) is 0 Å². The molecule has 0 bridgehead atoms. The zero-order valence-corrected chi connectivity index (χ0v) is 9.54. The van der Waals surface area contributed by atoms with E-state index >= 15 is 0 Å². The van der Waals surface area contributed by atoms with E-state index in [0.717, 1.165) is 0 Å². The number of carbonyl (C=O) groups excluding carboxylic acids is 1. The molecule has 0 radical (unpaired) electrons. The molecular formula is C10H14N6O2. The molecular weight excluding hydrogens is 236 g/mol. The third-order valence-electron chi connectivity index (χ3n) is 1.71. The van der Waals surface area contributed by atoms with E-state index in [4.69, 9.17) is 27.7 Å². The van der Waals surface area contributed by atoms with Crippen molar-refractivity contribution in [2.24, 2.45) is 32.9 Å². The second-order valence-corrected chi connectivity index (χ2v) is 3.26. The number of benzene rings is 1. The second kappa shape index (κ2) is 6.09. The number of nitrogens with zero attached hydrogens (tertiary/aromatic N) is 2. The molecule has 0 heterocycles. The summed E-state index contributed by atoms with van der Waals surface area (Å²) in [5, 5.41) is 0. The van der Waals surface area contributed by atoms with Gasteiger partial charge in [0.15, 0.2) is 12.6 Å². The van der Waals surface area contributed by atoms with Crippen LogP contribution in [0.25, 0.3) is 0 Å². The fraction of sp³-hybridized carbons (Fsp3) is 0.100. The van der Waals surface area contributed by atoms with Gasteiger partial charge in [-0.15, -0.1) is 0 Å². The Labute approximate surface area is 103 Å². The molecule has 0 saturated carbocycles. The number of carbonyl (C=O) groups is 1. The quantitative estimate of drug-likeness (QED) is 0.389. The van der Waals surface area contributed by atoms with Crippen LogP contribution in [0.3, 0.4) is 0 Å². The summed E-state index contributed by atoms with van der Waals surface area (Å²) in [6, 6.07) is 6.49. The highest BCUT2D eigenvalue weighted by Gasteiger charge is 1.98. The lowest BCUT2D eigenvalue weighted by molar-refractivity contribution is -0.119. The number of rotatable bonds is 4. The Morgan fingerprint density at radius 3 is 2.22 bits per heavy atom. The predicted molar refractivity (Wildman–Crippen MR) is 68.2 cm³/mol. The molecule has 8 nitrogen and oxygen atoms in total. The van der Waals surface area contributed by atoms with Crippen LogP contribution in [0.15, 0.2) is 34.3 Å². The van der Waals surface area contributed by atoms with E-state index in [9.17, 15) is 4.79 Å². The van der Waals surface area contributed by atoms with E-state index in [1.165, 1.54) is 0 Å². The number of amides is 1. The molecule has 0 aromatic heterocycles. The van der Waals surface area contributed by atoms with Crippen molar-refractivity contribution < 1.29 is 9.53 Å². The molecule has 0 aliphatic heterocycles. The largest absolute Gasteiger partial charge is 0.484 e. The molecule has 0 aliphatic carbocycles.